The Morgan fingerprint density at radius 2 is 2.00 bits per heavy atom. The van der Waals surface area contributed by atoms with Crippen LogP contribution in [0.2, 0.25) is 5.15 Å². The van der Waals surface area contributed by atoms with Crippen LogP contribution in [-0.4, -0.2) is 22.3 Å². The zero-order chi connectivity index (χ0) is 15.4. The van der Waals surface area contributed by atoms with E-state index in [0.29, 0.717) is 12.1 Å². The van der Waals surface area contributed by atoms with Crippen molar-refractivity contribution in [2.24, 2.45) is 0 Å². The molecule has 0 bridgehead atoms. The first-order valence-electron chi connectivity index (χ1n) is 6.71. The molecule has 0 aliphatic heterocycles. The van der Waals surface area contributed by atoms with Crippen LogP contribution in [0.25, 0.3) is 0 Å². The molecule has 0 N–H and O–H groups in total. The second kappa shape index (κ2) is 6.68. The molecule has 1 heterocycles. The molecule has 1 aromatic heterocycles. The van der Waals surface area contributed by atoms with E-state index >= 15 is 0 Å². The molecule has 0 spiro atoms. The maximum absolute atomic E-state index is 13.0. The lowest BCUT2D eigenvalue weighted by Gasteiger charge is -2.28. The van der Waals surface area contributed by atoms with Crippen molar-refractivity contribution in [2.75, 3.05) is 6.54 Å². The number of pyridine rings is 1. The van der Waals surface area contributed by atoms with Gasteiger partial charge in [-0.15, -0.1) is 0 Å². The molecule has 21 heavy (non-hydrogen) atoms. The van der Waals surface area contributed by atoms with Crippen molar-refractivity contribution in [2.45, 2.75) is 19.9 Å². The van der Waals surface area contributed by atoms with Crippen molar-refractivity contribution in [3.8, 4) is 0 Å². The second-order valence-electron chi connectivity index (χ2n) is 4.66. The highest BCUT2D eigenvalue weighted by Crippen LogP contribution is 2.24. The van der Waals surface area contributed by atoms with Crippen LogP contribution in [-0.2, 0) is 0 Å². The predicted molar refractivity (Wildman–Crippen MR) is 80.8 cm³/mol. The highest BCUT2D eigenvalue weighted by molar-refractivity contribution is 6.32. The zero-order valence-corrected chi connectivity index (χ0v) is 12.6. The average molecular weight is 307 g/mol. The number of rotatable bonds is 4. The predicted octanol–water partition coefficient (Wildman–Crippen LogP) is 4.10. The van der Waals surface area contributed by atoms with Gasteiger partial charge in [0, 0.05) is 12.7 Å². The van der Waals surface area contributed by atoms with Crippen molar-refractivity contribution in [3.05, 3.63) is 64.7 Å². The molecule has 0 fully saturated rings. The normalized spacial score (nSPS) is 12.0. The summed E-state index contributed by atoms with van der Waals surface area (Å²) >= 11 is 5.98. The van der Waals surface area contributed by atoms with Crippen molar-refractivity contribution in [1.82, 2.24) is 9.88 Å². The first kappa shape index (κ1) is 15.4. The van der Waals surface area contributed by atoms with E-state index in [-0.39, 0.29) is 22.9 Å². The van der Waals surface area contributed by atoms with Gasteiger partial charge in [0.2, 0.25) is 0 Å². The number of aromatic nitrogens is 1. The summed E-state index contributed by atoms with van der Waals surface area (Å²) in [5.41, 5.74) is 1.24. The summed E-state index contributed by atoms with van der Waals surface area (Å²) < 4.78 is 13.0. The summed E-state index contributed by atoms with van der Waals surface area (Å²) in [6.07, 6.45) is 1.54. The van der Waals surface area contributed by atoms with Crippen LogP contribution in [0.3, 0.4) is 0 Å². The lowest BCUT2D eigenvalue weighted by atomic mass is 10.1. The Kier molecular flexibility index (Phi) is 4.91. The van der Waals surface area contributed by atoms with E-state index < -0.39 is 0 Å². The molecule has 0 aliphatic rings. The van der Waals surface area contributed by atoms with Gasteiger partial charge in [-0.1, -0.05) is 23.7 Å². The molecule has 0 radical (unpaired) electrons. The van der Waals surface area contributed by atoms with Gasteiger partial charge in [-0.3, -0.25) is 4.79 Å². The van der Waals surface area contributed by atoms with Crippen molar-refractivity contribution in [1.29, 1.82) is 0 Å². The number of nitrogens with zero attached hydrogens (tertiary/aromatic N) is 2. The fourth-order valence-corrected chi connectivity index (χ4v) is 2.42. The Morgan fingerprint density at radius 3 is 2.57 bits per heavy atom. The molecule has 2 rings (SSSR count). The highest BCUT2D eigenvalue weighted by Gasteiger charge is 2.23. The number of carbonyl (C=O) groups is 1. The van der Waals surface area contributed by atoms with Gasteiger partial charge in [0.25, 0.3) is 5.91 Å². The van der Waals surface area contributed by atoms with Gasteiger partial charge >= 0.3 is 0 Å². The van der Waals surface area contributed by atoms with Crippen molar-refractivity contribution < 1.29 is 9.18 Å². The third kappa shape index (κ3) is 3.39. The average Bonchev–Trinajstić information content (AvgIpc) is 2.49. The number of benzene rings is 1. The van der Waals surface area contributed by atoms with Crippen LogP contribution >= 0.6 is 11.6 Å². The lowest BCUT2D eigenvalue weighted by Crippen LogP contribution is -2.33. The quantitative estimate of drug-likeness (QED) is 0.797. The van der Waals surface area contributed by atoms with E-state index in [1.54, 1.807) is 35.4 Å². The smallest absolute Gasteiger partial charge is 0.257 e. The Hall–Kier alpha value is -1.94. The molecule has 5 heteroatoms. The summed E-state index contributed by atoms with van der Waals surface area (Å²) in [4.78, 5) is 18.2. The van der Waals surface area contributed by atoms with Crippen LogP contribution in [0.1, 0.15) is 35.8 Å². The highest BCUT2D eigenvalue weighted by atomic mass is 35.5. The second-order valence-corrected chi connectivity index (χ2v) is 5.02. The van der Waals surface area contributed by atoms with E-state index in [9.17, 15) is 9.18 Å². The molecular formula is C16H16ClFN2O. The van der Waals surface area contributed by atoms with Crippen molar-refractivity contribution >= 4 is 17.5 Å². The topological polar surface area (TPSA) is 33.2 Å². The fourth-order valence-electron chi connectivity index (χ4n) is 2.21. The van der Waals surface area contributed by atoms with E-state index in [1.165, 1.54) is 12.1 Å². The Morgan fingerprint density at radius 1 is 1.33 bits per heavy atom. The summed E-state index contributed by atoms with van der Waals surface area (Å²) in [6, 6.07) is 9.29. The van der Waals surface area contributed by atoms with E-state index in [4.69, 9.17) is 11.6 Å². The third-order valence-corrected chi connectivity index (χ3v) is 3.71. The van der Waals surface area contributed by atoms with Crippen LogP contribution in [0.5, 0.6) is 0 Å². The molecule has 1 aromatic carbocycles. The Balaban J connectivity index is 2.29. The van der Waals surface area contributed by atoms with Crippen LogP contribution < -0.4 is 0 Å². The molecule has 110 valence electrons. The summed E-state index contributed by atoms with van der Waals surface area (Å²) in [5.74, 6) is -0.483. The molecule has 0 aliphatic carbocycles. The number of halogens is 2. The van der Waals surface area contributed by atoms with Gasteiger partial charge in [-0.2, -0.15) is 0 Å². The largest absolute Gasteiger partial charge is 0.332 e. The Bertz CT molecular complexity index is 630. The molecule has 1 amide bonds. The van der Waals surface area contributed by atoms with Gasteiger partial charge in [0.1, 0.15) is 11.0 Å². The molecule has 0 saturated carbocycles. The van der Waals surface area contributed by atoms with Gasteiger partial charge < -0.3 is 4.90 Å². The molecule has 3 nitrogen and oxygen atoms in total. The summed E-state index contributed by atoms with van der Waals surface area (Å²) in [6.45, 7) is 4.31. The standard InChI is InChI=1S/C16H16ClFN2O/c1-3-20(11(2)12-6-8-13(18)9-7-12)16(21)14-5-4-10-19-15(14)17/h4-11H,3H2,1-2H3. The number of carbonyl (C=O) groups excluding carboxylic acids is 1. The van der Waals surface area contributed by atoms with Crippen LogP contribution in [0.15, 0.2) is 42.6 Å². The van der Waals surface area contributed by atoms with Crippen LogP contribution in [0, 0.1) is 5.82 Å². The summed E-state index contributed by atoms with van der Waals surface area (Å²) in [5, 5.41) is 0.187. The maximum atomic E-state index is 13.0. The SMILES string of the molecule is CCN(C(=O)c1cccnc1Cl)C(C)c1ccc(F)cc1. The Labute approximate surface area is 128 Å². The van der Waals surface area contributed by atoms with Gasteiger partial charge in [0.15, 0.2) is 0 Å². The number of amides is 1. The number of hydrogen-bond acceptors (Lipinski definition) is 2. The van der Waals surface area contributed by atoms with Gasteiger partial charge in [-0.25, -0.2) is 9.37 Å². The number of hydrogen-bond donors (Lipinski definition) is 0. The zero-order valence-electron chi connectivity index (χ0n) is 11.9. The molecular weight excluding hydrogens is 291 g/mol. The first-order chi connectivity index (χ1) is 10.0. The molecule has 1 atom stereocenters. The maximum Gasteiger partial charge on any atom is 0.257 e. The first-order valence-corrected chi connectivity index (χ1v) is 7.09. The lowest BCUT2D eigenvalue weighted by molar-refractivity contribution is 0.0702. The van der Waals surface area contributed by atoms with E-state index in [0.717, 1.165) is 5.56 Å². The third-order valence-electron chi connectivity index (χ3n) is 3.41. The van der Waals surface area contributed by atoms with E-state index in [1.807, 2.05) is 13.8 Å². The minimum absolute atomic E-state index is 0.181. The van der Waals surface area contributed by atoms with Crippen molar-refractivity contribution in [3.63, 3.8) is 0 Å². The van der Waals surface area contributed by atoms with Gasteiger partial charge in [0.05, 0.1) is 11.6 Å². The molecule has 2 aromatic rings. The van der Waals surface area contributed by atoms with E-state index in [2.05, 4.69) is 4.98 Å². The molecule has 0 saturated heterocycles. The molecule has 1 unspecified atom stereocenters. The van der Waals surface area contributed by atoms with Crippen LogP contribution in [0.4, 0.5) is 4.39 Å². The monoisotopic (exact) mass is 306 g/mol. The van der Waals surface area contributed by atoms with Gasteiger partial charge in [-0.05, 0) is 43.7 Å². The fraction of sp³-hybridized carbons (Fsp3) is 0.250. The minimum Gasteiger partial charge on any atom is -0.332 e. The minimum atomic E-state index is -0.296. The summed E-state index contributed by atoms with van der Waals surface area (Å²) in [7, 11) is 0.